The molecule has 0 saturated carbocycles. The fourth-order valence-electron chi connectivity index (χ4n) is 3.09. The number of aryl methyl sites for hydroxylation is 1. The second-order valence-electron chi connectivity index (χ2n) is 6.62. The number of carbonyl (C=O) groups excluding carboxylic acids is 2. The average Bonchev–Trinajstić information content (AvgIpc) is 3.07. The molecule has 0 saturated heterocycles. The van der Waals surface area contributed by atoms with Gasteiger partial charge in [0.2, 0.25) is 5.76 Å². The third-order valence-electron chi connectivity index (χ3n) is 4.65. The summed E-state index contributed by atoms with van der Waals surface area (Å²) in [5.74, 6) is -0.809. The van der Waals surface area contributed by atoms with Crippen molar-refractivity contribution >= 4 is 51.0 Å². The molecule has 1 amide bonds. The van der Waals surface area contributed by atoms with Crippen molar-refractivity contribution in [2.24, 2.45) is 0 Å². The molecule has 0 fully saturated rings. The predicted octanol–water partition coefficient (Wildman–Crippen LogP) is 5.13. The highest BCUT2D eigenvalue weighted by Gasteiger charge is 2.25. The van der Waals surface area contributed by atoms with Gasteiger partial charge in [0.05, 0.1) is 5.02 Å². The van der Waals surface area contributed by atoms with Gasteiger partial charge in [-0.3, -0.25) is 4.79 Å². The molecule has 0 unspecified atom stereocenters. The Bertz CT molecular complexity index is 1230. The van der Waals surface area contributed by atoms with Crippen LogP contribution in [0.3, 0.4) is 0 Å². The molecule has 2 aromatic heterocycles. The summed E-state index contributed by atoms with van der Waals surface area (Å²) in [7, 11) is 0. The Morgan fingerprint density at radius 3 is 2.66 bits per heavy atom. The lowest BCUT2D eigenvalue weighted by Gasteiger charge is -2.12. The standard InChI is InChI=1S/C22H17ClN2O4/c1-12-16-9-7-14-5-3-4-6-17(14)20(16)29-19(12)22(27)28-13(2)21(26)25-18-10-8-15(23)11-24-18/h3-11,13H,1-2H3,(H,24,25,26)/t13-/m0/s1. The van der Waals surface area contributed by atoms with Crippen molar-refractivity contribution in [3.63, 3.8) is 0 Å². The van der Waals surface area contributed by atoms with E-state index in [-0.39, 0.29) is 5.76 Å². The SMILES string of the molecule is Cc1c(C(=O)O[C@@H](C)C(=O)Nc2ccc(Cl)cn2)oc2c1ccc1ccccc12. The van der Waals surface area contributed by atoms with Crippen LogP contribution >= 0.6 is 11.6 Å². The van der Waals surface area contributed by atoms with Crippen molar-refractivity contribution in [3.05, 3.63) is 71.1 Å². The summed E-state index contributed by atoms with van der Waals surface area (Å²) in [6, 6.07) is 14.8. The van der Waals surface area contributed by atoms with Crippen molar-refractivity contribution in [3.8, 4) is 0 Å². The average molecular weight is 409 g/mol. The van der Waals surface area contributed by atoms with E-state index < -0.39 is 18.0 Å². The molecule has 2 heterocycles. The Labute approximate surface area is 171 Å². The molecule has 146 valence electrons. The third-order valence-corrected chi connectivity index (χ3v) is 4.87. The van der Waals surface area contributed by atoms with E-state index in [1.165, 1.54) is 13.1 Å². The van der Waals surface area contributed by atoms with Crippen molar-refractivity contribution in [2.75, 3.05) is 5.32 Å². The van der Waals surface area contributed by atoms with E-state index in [0.717, 1.165) is 16.2 Å². The number of amides is 1. The van der Waals surface area contributed by atoms with E-state index in [4.69, 9.17) is 20.8 Å². The lowest BCUT2D eigenvalue weighted by Crippen LogP contribution is -2.30. The van der Waals surface area contributed by atoms with Gasteiger partial charge in [0.1, 0.15) is 11.4 Å². The highest BCUT2D eigenvalue weighted by atomic mass is 35.5. The van der Waals surface area contributed by atoms with Crippen LogP contribution in [0.4, 0.5) is 5.82 Å². The summed E-state index contributed by atoms with van der Waals surface area (Å²) in [6.45, 7) is 3.27. The molecule has 0 aliphatic carbocycles. The minimum absolute atomic E-state index is 0.0839. The van der Waals surface area contributed by atoms with Gasteiger partial charge in [0, 0.05) is 22.5 Å². The molecule has 0 aliphatic heterocycles. The van der Waals surface area contributed by atoms with Gasteiger partial charge in [-0.25, -0.2) is 9.78 Å². The monoisotopic (exact) mass is 408 g/mol. The molecule has 6 nitrogen and oxygen atoms in total. The summed E-state index contributed by atoms with van der Waals surface area (Å²) in [5, 5.41) is 5.78. The molecule has 2 aromatic carbocycles. The van der Waals surface area contributed by atoms with Gasteiger partial charge in [0.25, 0.3) is 5.91 Å². The highest BCUT2D eigenvalue weighted by molar-refractivity contribution is 6.30. The summed E-state index contributed by atoms with van der Waals surface area (Å²) in [5.41, 5.74) is 1.29. The van der Waals surface area contributed by atoms with Gasteiger partial charge in [-0.1, -0.05) is 48.0 Å². The van der Waals surface area contributed by atoms with E-state index >= 15 is 0 Å². The number of halogens is 1. The summed E-state index contributed by atoms with van der Waals surface area (Å²) in [6.07, 6.45) is 0.375. The van der Waals surface area contributed by atoms with Crippen molar-refractivity contribution in [1.82, 2.24) is 4.98 Å². The quantitative estimate of drug-likeness (QED) is 0.473. The molecular weight excluding hydrogens is 392 g/mol. The first-order valence-corrected chi connectivity index (χ1v) is 9.36. The van der Waals surface area contributed by atoms with Crippen LogP contribution in [0.25, 0.3) is 21.7 Å². The smallest absolute Gasteiger partial charge is 0.375 e. The molecular formula is C22H17ClN2O4. The first-order valence-electron chi connectivity index (χ1n) is 8.98. The third kappa shape index (κ3) is 3.67. The van der Waals surface area contributed by atoms with E-state index in [2.05, 4.69) is 10.3 Å². The molecule has 0 aliphatic rings. The number of fused-ring (bicyclic) bond motifs is 3. The molecule has 1 N–H and O–H groups in total. The van der Waals surface area contributed by atoms with E-state index in [9.17, 15) is 9.59 Å². The molecule has 7 heteroatoms. The number of anilines is 1. The van der Waals surface area contributed by atoms with Crippen LogP contribution in [0.1, 0.15) is 23.0 Å². The summed E-state index contributed by atoms with van der Waals surface area (Å²) in [4.78, 5) is 28.9. The maximum Gasteiger partial charge on any atom is 0.375 e. The Hall–Kier alpha value is -3.38. The van der Waals surface area contributed by atoms with Gasteiger partial charge in [0.15, 0.2) is 6.10 Å². The van der Waals surface area contributed by atoms with Gasteiger partial charge in [-0.05, 0) is 31.4 Å². The fraction of sp³-hybridized carbons (Fsp3) is 0.136. The number of pyridine rings is 1. The van der Waals surface area contributed by atoms with Crippen LogP contribution in [0.2, 0.25) is 5.02 Å². The van der Waals surface area contributed by atoms with Crippen molar-refractivity contribution < 1.29 is 18.7 Å². The maximum absolute atomic E-state index is 12.7. The Morgan fingerprint density at radius 2 is 1.90 bits per heavy atom. The van der Waals surface area contributed by atoms with Crippen LogP contribution in [0, 0.1) is 6.92 Å². The van der Waals surface area contributed by atoms with Crippen LogP contribution in [-0.2, 0) is 9.53 Å². The number of ether oxygens (including phenoxy) is 1. The number of hydrogen-bond acceptors (Lipinski definition) is 5. The maximum atomic E-state index is 12.7. The molecule has 0 radical (unpaired) electrons. The zero-order valence-electron chi connectivity index (χ0n) is 15.7. The van der Waals surface area contributed by atoms with Gasteiger partial charge in [-0.15, -0.1) is 0 Å². The second kappa shape index (κ2) is 7.56. The number of hydrogen-bond donors (Lipinski definition) is 1. The fourth-order valence-corrected chi connectivity index (χ4v) is 3.20. The van der Waals surface area contributed by atoms with Crippen molar-refractivity contribution in [1.29, 1.82) is 0 Å². The number of furan rings is 1. The number of nitrogens with zero attached hydrogens (tertiary/aromatic N) is 1. The summed E-state index contributed by atoms with van der Waals surface area (Å²) < 4.78 is 11.2. The molecule has 0 spiro atoms. The van der Waals surface area contributed by atoms with E-state index in [1.807, 2.05) is 36.4 Å². The van der Waals surface area contributed by atoms with Crippen LogP contribution in [0.15, 0.2) is 59.1 Å². The Kier molecular flexibility index (Phi) is 4.94. The largest absolute Gasteiger partial charge is 0.448 e. The van der Waals surface area contributed by atoms with E-state index in [0.29, 0.717) is 22.0 Å². The number of benzene rings is 2. The summed E-state index contributed by atoms with van der Waals surface area (Å²) >= 11 is 5.78. The van der Waals surface area contributed by atoms with Crippen molar-refractivity contribution in [2.45, 2.75) is 20.0 Å². The van der Waals surface area contributed by atoms with Crippen LogP contribution < -0.4 is 5.32 Å². The minimum atomic E-state index is -1.04. The van der Waals surface area contributed by atoms with E-state index in [1.54, 1.807) is 19.1 Å². The zero-order chi connectivity index (χ0) is 20.5. The molecule has 4 aromatic rings. The van der Waals surface area contributed by atoms with Crippen LogP contribution in [-0.4, -0.2) is 23.0 Å². The molecule has 0 bridgehead atoms. The molecule has 29 heavy (non-hydrogen) atoms. The zero-order valence-corrected chi connectivity index (χ0v) is 16.5. The highest BCUT2D eigenvalue weighted by Crippen LogP contribution is 2.32. The Balaban J connectivity index is 1.55. The second-order valence-corrected chi connectivity index (χ2v) is 7.05. The Morgan fingerprint density at radius 1 is 1.10 bits per heavy atom. The number of esters is 1. The minimum Gasteiger partial charge on any atom is -0.448 e. The first kappa shape index (κ1) is 19.0. The van der Waals surface area contributed by atoms with Gasteiger partial charge >= 0.3 is 5.97 Å². The predicted molar refractivity (Wildman–Crippen MR) is 111 cm³/mol. The first-order chi connectivity index (χ1) is 13.9. The van der Waals surface area contributed by atoms with Crippen LogP contribution in [0.5, 0.6) is 0 Å². The number of aromatic nitrogens is 1. The number of rotatable bonds is 4. The van der Waals surface area contributed by atoms with Gasteiger partial charge < -0.3 is 14.5 Å². The topological polar surface area (TPSA) is 81.4 Å². The normalized spacial score (nSPS) is 12.1. The lowest BCUT2D eigenvalue weighted by atomic mass is 10.1. The van der Waals surface area contributed by atoms with Gasteiger partial charge in [-0.2, -0.15) is 0 Å². The lowest BCUT2D eigenvalue weighted by molar-refractivity contribution is -0.123. The molecule has 4 rings (SSSR count). The number of carbonyl (C=O) groups is 2. The number of nitrogens with one attached hydrogen (secondary N) is 1. The molecule has 1 atom stereocenters.